The summed E-state index contributed by atoms with van der Waals surface area (Å²) in [7, 11) is 0. The van der Waals surface area contributed by atoms with Gasteiger partial charge in [0.05, 0.1) is 17.9 Å². The minimum absolute atomic E-state index is 0.00514. The molecule has 0 bridgehead atoms. The molecular weight excluding hydrogens is 277 g/mol. The molecule has 1 aromatic heterocycles. The summed E-state index contributed by atoms with van der Waals surface area (Å²) in [6.07, 6.45) is 1.31. The summed E-state index contributed by atoms with van der Waals surface area (Å²) in [4.78, 5) is 24.0. The molecule has 1 atom stereocenters. The molecule has 0 saturated heterocycles. The molecule has 1 aliphatic heterocycles. The zero-order chi connectivity index (χ0) is 15.0. The second kappa shape index (κ2) is 4.90. The first-order valence-corrected chi connectivity index (χ1v) is 6.15. The van der Waals surface area contributed by atoms with E-state index in [1.807, 2.05) is 0 Å². The van der Waals surface area contributed by atoms with Gasteiger partial charge in [0.2, 0.25) is 5.78 Å². The molecule has 5 nitrogen and oxygen atoms in total. The number of carbonyl (C=O) groups excluding carboxylic acids is 2. The van der Waals surface area contributed by atoms with Gasteiger partial charge in [0, 0.05) is 0 Å². The number of carbonyl (C=O) groups is 2. The molecule has 3 rings (SSSR count). The first-order valence-electron chi connectivity index (χ1n) is 6.15. The van der Waals surface area contributed by atoms with Crippen molar-refractivity contribution >= 4 is 11.7 Å². The molecule has 0 saturated carbocycles. The number of benzene rings is 1. The number of nitrogens with one attached hydrogen (secondary N) is 1. The Morgan fingerprint density at radius 3 is 2.76 bits per heavy atom. The molecule has 2 aromatic rings. The highest BCUT2D eigenvalue weighted by Gasteiger charge is 2.38. The highest BCUT2D eigenvalue weighted by molar-refractivity contribution is 6.14. The van der Waals surface area contributed by atoms with Crippen molar-refractivity contribution in [1.82, 2.24) is 5.32 Å². The molecule has 1 aromatic carbocycles. The second-order valence-electron chi connectivity index (χ2n) is 4.53. The summed E-state index contributed by atoms with van der Waals surface area (Å²) in [5, 5.41) is 12.3. The average molecular weight is 287 g/mol. The van der Waals surface area contributed by atoms with Crippen LogP contribution in [0.4, 0.5) is 4.39 Å². The van der Waals surface area contributed by atoms with Gasteiger partial charge in [-0.3, -0.25) is 9.59 Å². The number of Topliss-reactive ketones (excluding diaryl/α,β-unsaturated/α-hetero) is 1. The largest absolute Gasteiger partial charge is 0.503 e. The Morgan fingerprint density at radius 1 is 1.29 bits per heavy atom. The van der Waals surface area contributed by atoms with Gasteiger partial charge in [0.25, 0.3) is 5.91 Å². The first-order chi connectivity index (χ1) is 10.1. The van der Waals surface area contributed by atoms with Gasteiger partial charge in [0.1, 0.15) is 5.82 Å². The molecule has 21 heavy (non-hydrogen) atoms. The third kappa shape index (κ3) is 2.20. The van der Waals surface area contributed by atoms with E-state index < -0.39 is 29.3 Å². The van der Waals surface area contributed by atoms with E-state index in [-0.39, 0.29) is 11.3 Å². The fourth-order valence-electron chi connectivity index (χ4n) is 2.25. The number of amides is 1. The van der Waals surface area contributed by atoms with Crippen LogP contribution in [0.3, 0.4) is 0 Å². The van der Waals surface area contributed by atoms with Crippen LogP contribution in [-0.2, 0) is 4.79 Å². The lowest BCUT2D eigenvalue weighted by Crippen LogP contribution is -2.23. The maximum absolute atomic E-state index is 13.3. The predicted molar refractivity (Wildman–Crippen MR) is 70.0 cm³/mol. The lowest BCUT2D eigenvalue weighted by atomic mass is 9.96. The Morgan fingerprint density at radius 2 is 2.10 bits per heavy atom. The van der Waals surface area contributed by atoms with Crippen LogP contribution >= 0.6 is 0 Å². The van der Waals surface area contributed by atoms with Crippen LogP contribution in [0.5, 0.6) is 0 Å². The Bertz CT molecular complexity index is 749. The minimum Gasteiger partial charge on any atom is -0.503 e. The quantitative estimate of drug-likeness (QED) is 0.849. The lowest BCUT2D eigenvalue weighted by Gasteiger charge is -2.13. The van der Waals surface area contributed by atoms with Gasteiger partial charge in [0.15, 0.2) is 11.5 Å². The number of hydrogen-bond acceptors (Lipinski definition) is 4. The predicted octanol–water partition coefficient (Wildman–Crippen LogP) is 2.28. The van der Waals surface area contributed by atoms with Gasteiger partial charge in [-0.25, -0.2) is 4.39 Å². The Balaban J connectivity index is 2.06. The topological polar surface area (TPSA) is 79.5 Å². The van der Waals surface area contributed by atoms with E-state index in [1.165, 1.54) is 36.6 Å². The van der Waals surface area contributed by atoms with E-state index in [9.17, 15) is 19.1 Å². The Labute approximate surface area is 118 Å². The van der Waals surface area contributed by atoms with E-state index in [1.54, 1.807) is 6.07 Å². The molecular formula is C15H10FNO4. The van der Waals surface area contributed by atoms with Crippen molar-refractivity contribution in [3.05, 3.63) is 71.1 Å². The van der Waals surface area contributed by atoms with Crippen molar-refractivity contribution in [2.24, 2.45) is 0 Å². The van der Waals surface area contributed by atoms with Crippen molar-refractivity contribution in [1.29, 1.82) is 0 Å². The molecule has 6 heteroatoms. The van der Waals surface area contributed by atoms with Crippen molar-refractivity contribution in [3.8, 4) is 0 Å². The molecule has 0 spiro atoms. The van der Waals surface area contributed by atoms with Crippen LogP contribution in [0.25, 0.3) is 0 Å². The fourth-order valence-corrected chi connectivity index (χ4v) is 2.25. The van der Waals surface area contributed by atoms with E-state index >= 15 is 0 Å². The summed E-state index contributed by atoms with van der Waals surface area (Å²) in [6.45, 7) is 0. The van der Waals surface area contributed by atoms with Gasteiger partial charge in [-0.2, -0.15) is 0 Å². The molecule has 0 radical (unpaired) electrons. The zero-order valence-corrected chi connectivity index (χ0v) is 10.7. The highest BCUT2D eigenvalue weighted by Crippen LogP contribution is 2.32. The fraction of sp³-hybridized carbons (Fsp3) is 0.0667. The molecule has 1 unspecified atom stereocenters. The lowest BCUT2D eigenvalue weighted by molar-refractivity contribution is -0.119. The molecule has 2 N–H and O–H groups in total. The van der Waals surface area contributed by atoms with Crippen LogP contribution in [0.1, 0.15) is 22.2 Å². The second-order valence-corrected chi connectivity index (χ2v) is 4.53. The Kier molecular flexibility index (Phi) is 3.06. The maximum Gasteiger partial charge on any atom is 0.287 e. The smallest absolute Gasteiger partial charge is 0.287 e. The minimum atomic E-state index is -0.911. The number of aliphatic hydroxyl groups excluding tert-OH is 1. The number of furan rings is 1. The average Bonchev–Trinajstić information content (AvgIpc) is 3.08. The van der Waals surface area contributed by atoms with Crippen LogP contribution in [0, 0.1) is 5.82 Å². The van der Waals surface area contributed by atoms with Crippen molar-refractivity contribution in [3.63, 3.8) is 0 Å². The van der Waals surface area contributed by atoms with Crippen LogP contribution in [-0.4, -0.2) is 16.8 Å². The summed E-state index contributed by atoms with van der Waals surface area (Å²) in [6, 6.07) is 7.49. The molecule has 2 heterocycles. The molecule has 0 fully saturated rings. The number of aliphatic hydroxyl groups is 1. The standard InChI is InChI=1S/C15H10FNO4/c16-9-4-1-3-8(7-9)12-11(14(19)15(20)17-12)13(18)10-5-2-6-21-10/h1-7,12,19H,(H,17,20). The molecule has 1 aliphatic rings. The number of halogens is 1. The van der Waals surface area contributed by atoms with E-state index in [4.69, 9.17) is 4.42 Å². The zero-order valence-electron chi connectivity index (χ0n) is 10.7. The monoisotopic (exact) mass is 287 g/mol. The number of ketones is 1. The molecule has 106 valence electrons. The van der Waals surface area contributed by atoms with Crippen LogP contribution in [0.2, 0.25) is 0 Å². The normalized spacial score (nSPS) is 18.0. The van der Waals surface area contributed by atoms with E-state index in [2.05, 4.69) is 5.32 Å². The van der Waals surface area contributed by atoms with Gasteiger partial charge in [-0.05, 0) is 29.8 Å². The third-order valence-electron chi connectivity index (χ3n) is 3.21. The maximum atomic E-state index is 13.3. The highest BCUT2D eigenvalue weighted by atomic mass is 19.1. The summed E-state index contributed by atoms with van der Waals surface area (Å²) in [5.74, 6) is -2.58. The Hall–Kier alpha value is -2.89. The van der Waals surface area contributed by atoms with Crippen molar-refractivity contribution < 1.29 is 23.5 Å². The van der Waals surface area contributed by atoms with Crippen LogP contribution in [0.15, 0.2) is 58.4 Å². The van der Waals surface area contributed by atoms with Gasteiger partial charge in [-0.15, -0.1) is 0 Å². The number of hydrogen-bond donors (Lipinski definition) is 2. The van der Waals surface area contributed by atoms with E-state index in [0.29, 0.717) is 5.56 Å². The van der Waals surface area contributed by atoms with E-state index in [0.717, 1.165) is 0 Å². The third-order valence-corrected chi connectivity index (χ3v) is 3.21. The van der Waals surface area contributed by atoms with Gasteiger partial charge < -0.3 is 14.8 Å². The van der Waals surface area contributed by atoms with Crippen LogP contribution < -0.4 is 5.32 Å². The van der Waals surface area contributed by atoms with Gasteiger partial charge >= 0.3 is 0 Å². The number of rotatable bonds is 3. The summed E-state index contributed by atoms with van der Waals surface area (Å²) in [5.41, 5.74) is 0.211. The summed E-state index contributed by atoms with van der Waals surface area (Å²) >= 11 is 0. The SMILES string of the molecule is O=C1NC(c2cccc(F)c2)C(C(=O)c2ccco2)=C1O. The molecule has 0 aliphatic carbocycles. The molecule has 1 amide bonds. The summed E-state index contributed by atoms with van der Waals surface area (Å²) < 4.78 is 18.3. The van der Waals surface area contributed by atoms with Crippen molar-refractivity contribution in [2.75, 3.05) is 0 Å². The first kappa shape index (κ1) is 13.1. The van der Waals surface area contributed by atoms with Gasteiger partial charge in [-0.1, -0.05) is 12.1 Å². The van der Waals surface area contributed by atoms with Crippen molar-refractivity contribution in [2.45, 2.75) is 6.04 Å².